The number of hydrogen-bond acceptors (Lipinski definition) is 4. The van der Waals surface area contributed by atoms with E-state index in [2.05, 4.69) is 10.6 Å². The summed E-state index contributed by atoms with van der Waals surface area (Å²) in [6, 6.07) is 6.78. The van der Waals surface area contributed by atoms with Crippen LogP contribution in [0.25, 0.3) is 0 Å². The zero-order chi connectivity index (χ0) is 13.5. The molecule has 4 N–H and O–H groups in total. The van der Waals surface area contributed by atoms with E-state index in [1.807, 2.05) is 0 Å². The van der Waals surface area contributed by atoms with E-state index in [1.54, 1.807) is 31.3 Å². The number of carbonyl (C=O) groups excluding carboxylic acids is 1. The smallest absolute Gasteiger partial charge is 0.221 e. The summed E-state index contributed by atoms with van der Waals surface area (Å²) in [4.78, 5) is 10.9. The van der Waals surface area contributed by atoms with Crippen molar-refractivity contribution in [3.8, 4) is 0 Å². The summed E-state index contributed by atoms with van der Waals surface area (Å²) < 4.78 is 0. The summed E-state index contributed by atoms with van der Waals surface area (Å²) in [6.45, 7) is 2.08. The van der Waals surface area contributed by atoms with Crippen LogP contribution in [0.5, 0.6) is 0 Å². The molecule has 0 aliphatic heterocycles. The molecule has 0 bridgehead atoms. The Kier molecular flexibility index (Phi) is 5.77. The molecule has 0 saturated carbocycles. The molecule has 0 radical (unpaired) electrons. The van der Waals surface area contributed by atoms with Crippen molar-refractivity contribution < 1.29 is 15.0 Å². The minimum Gasteiger partial charge on any atom is -0.390 e. The fourth-order valence-electron chi connectivity index (χ4n) is 1.64. The van der Waals surface area contributed by atoms with Gasteiger partial charge in [0.2, 0.25) is 5.91 Å². The van der Waals surface area contributed by atoms with Gasteiger partial charge in [0.25, 0.3) is 0 Å². The molecule has 2 unspecified atom stereocenters. The maximum atomic E-state index is 10.9. The van der Waals surface area contributed by atoms with Gasteiger partial charge in [-0.1, -0.05) is 12.1 Å². The van der Waals surface area contributed by atoms with Gasteiger partial charge in [-0.2, -0.15) is 0 Å². The summed E-state index contributed by atoms with van der Waals surface area (Å²) in [6.07, 6.45) is -1.24. The Bertz CT molecular complexity index is 378. The molecular formula is C13H20N2O3. The molecule has 0 aliphatic carbocycles. The zero-order valence-electron chi connectivity index (χ0n) is 10.7. The van der Waals surface area contributed by atoms with E-state index in [4.69, 9.17) is 0 Å². The van der Waals surface area contributed by atoms with Crippen LogP contribution in [0.4, 0.5) is 5.69 Å². The Balaban J connectivity index is 2.63. The van der Waals surface area contributed by atoms with Crippen molar-refractivity contribution in [3.63, 3.8) is 0 Å². The van der Waals surface area contributed by atoms with Crippen LogP contribution in [-0.2, 0) is 4.79 Å². The molecule has 2 atom stereocenters. The number of aliphatic hydroxyl groups is 2. The molecule has 1 amide bonds. The van der Waals surface area contributed by atoms with Gasteiger partial charge in [-0.25, -0.2) is 0 Å². The maximum Gasteiger partial charge on any atom is 0.221 e. The fraction of sp³-hybridized carbons (Fsp3) is 0.462. The van der Waals surface area contributed by atoms with Crippen LogP contribution in [0.3, 0.4) is 0 Å². The Hall–Kier alpha value is -1.43. The number of aliphatic hydroxyl groups excluding tert-OH is 2. The molecule has 0 saturated heterocycles. The lowest BCUT2D eigenvalue weighted by Crippen LogP contribution is -2.23. The van der Waals surface area contributed by atoms with Gasteiger partial charge in [0.1, 0.15) is 6.10 Å². The van der Waals surface area contributed by atoms with Crippen LogP contribution in [-0.4, -0.2) is 35.8 Å². The molecule has 1 aromatic carbocycles. The molecule has 100 valence electrons. The van der Waals surface area contributed by atoms with Gasteiger partial charge >= 0.3 is 0 Å². The highest BCUT2D eigenvalue weighted by molar-refractivity contribution is 5.88. The highest BCUT2D eigenvalue weighted by atomic mass is 16.3. The molecule has 0 spiro atoms. The monoisotopic (exact) mass is 252 g/mol. The third kappa shape index (κ3) is 4.44. The van der Waals surface area contributed by atoms with Crippen molar-refractivity contribution in [2.45, 2.75) is 25.6 Å². The standard InChI is InChI=1S/C13H20N2O3/c1-9(16)15-11-5-3-10(4-6-11)13(18)12(17)7-8-14-2/h3-6,12-14,17-18H,7-8H2,1-2H3,(H,15,16). The summed E-state index contributed by atoms with van der Waals surface area (Å²) >= 11 is 0. The zero-order valence-corrected chi connectivity index (χ0v) is 10.7. The van der Waals surface area contributed by atoms with Gasteiger partial charge in [-0.15, -0.1) is 0 Å². The van der Waals surface area contributed by atoms with Crippen LogP contribution in [0, 0.1) is 0 Å². The predicted octanol–water partition coefficient (Wildman–Crippen LogP) is 0.649. The molecular weight excluding hydrogens is 232 g/mol. The first kappa shape index (κ1) is 14.6. The Morgan fingerprint density at radius 1 is 1.28 bits per heavy atom. The van der Waals surface area contributed by atoms with Crippen molar-refractivity contribution in [1.82, 2.24) is 5.32 Å². The van der Waals surface area contributed by atoms with Crippen molar-refractivity contribution in [2.75, 3.05) is 18.9 Å². The average molecular weight is 252 g/mol. The first-order valence-electron chi connectivity index (χ1n) is 5.93. The average Bonchev–Trinajstić information content (AvgIpc) is 2.35. The van der Waals surface area contributed by atoms with E-state index in [0.717, 1.165) is 0 Å². The SMILES string of the molecule is CNCCC(O)C(O)c1ccc(NC(C)=O)cc1. The normalized spacial score (nSPS) is 14.0. The maximum absolute atomic E-state index is 10.9. The van der Waals surface area contributed by atoms with Crippen molar-refractivity contribution in [2.24, 2.45) is 0 Å². The highest BCUT2D eigenvalue weighted by Crippen LogP contribution is 2.20. The first-order chi connectivity index (χ1) is 8.54. The van der Waals surface area contributed by atoms with Gasteiger partial charge in [-0.3, -0.25) is 4.79 Å². The molecule has 1 rings (SSSR count). The van der Waals surface area contributed by atoms with Crippen LogP contribution >= 0.6 is 0 Å². The first-order valence-corrected chi connectivity index (χ1v) is 5.93. The van der Waals surface area contributed by atoms with Crippen LogP contribution in [0.15, 0.2) is 24.3 Å². The van der Waals surface area contributed by atoms with Gasteiger partial charge in [-0.05, 0) is 37.7 Å². The number of rotatable bonds is 6. The molecule has 5 heteroatoms. The van der Waals surface area contributed by atoms with E-state index in [-0.39, 0.29) is 5.91 Å². The van der Waals surface area contributed by atoms with Gasteiger partial charge in [0.15, 0.2) is 0 Å². The Morgan fingerprint density at radius 3 is 2.39 bits per heavy atom. The lowest BCUT2D eigenvalue weighted by atomic mass is 10.0. The molecule has 0 aromatic heterocycles. The van der Waals surface area contributed by atoms with E-state index in [9.17, 15) is 15.0 Å². The molecule has 18 heavy (non-hydrogen) atoms. The Labute approximate surface area is 107 Å². The molecule has 0 aliphatic rings. The largest absolute Gasteiger partial charge is 0.390 e. The summed E-state index contributed by atoms with van der Waals surface area (Å²) in [5.74, 6) is -0.141. The molecule has 0 heterocycles. The summed E-state index contributed by atoms with van der Waals surface area (Å²) in [7, 11) is 1.79. The second-order valence-electron chi connectivity index (χ2n) is 4.21. The van der Waals surface area contributed by atoms with Crippen molar-refractivity contribution in [3.05, 3.63) is 29.8 Å². The number of anilines is 1. The number of nitrogens with one attached hydrogen (secondary N) is 2. The molecule has 0 fully saturated rings. The minimum atomic E-state index is -0.912. The third-order valence-corrected chi connectivity index (χ3v) is 2.63. The Morgan fingerprint density at radius 2 is 1.89 bits per heavy atom. The molecule has 1 aromatic rings. The van der Waals surface area contributed by atoms with Crippen LogP contribution in [0.2, 0.25) is 0 Å². The van der Waals surface area contributed by atoms with Gasteiger partial charge < -0.3 is 20.8 Å². The summed E-state index contributed by atoms with van der Waals surface area (Å²) in [5, 5.41) is 25.2. The van der Waals surface area contributed by atoms with Crippen LogP contribution < -0.4 is 10.6 Å². The predicted molar refractivity (Wildman–Crippen MR) is 70.3 cm³/mol. The number of amides is 1. The van der Waals surface area contributed by atoms with E-state index < -0.39 is 12.2 Å². The topological polar surface area (TPSA) is 81.6 Å². The van der Waals surface area contributed by atoms with E-state index >= 15 is 0 Å². The quantitative estimate of drug-likeness (QED) is 0.599. The number of carbonyl (C=O) groups is 1. The third-order valence-electron chi connectivity index (χ3n) is 2.63. The molecule has 5 nitrogen and oxygen atoms in total. The van der Waals surface area contributed by atoms with Gasteiger partial charge in [0.05, 0.1) is 6.10 Å². The van der Waals surface area contributed by atoms with Crippen LogP contribution in [0.1, 0.15) is 25.0 Å². The lowest BCUT2D eigenvalue weighted by molar-refractivity contribution is -0.114. The number of hydrogen-bond donors (Lipinski definition) is 4. The highest BCUT2D eigenvalue weighted by Gasteiger charge is 2.17. The minimum absolute atomic E-state index is 0.141. The van der Waals surface area contributed by atoms with Gasteiger partial charge in [0, 0.05) is 12.6 Å². The van der Waals surface area contributed by atoms with E-state index in [1.165, 1.54) is 6.92 Å². The lowest BCUT2D eigenvalue weighted by Gasteiger charge is -2.18. The summed E-state index contributed by atoms with van der Waals surface area (Å²) in [5.41, 5.74) is 1.30. The van der Waals surface area contributed by atoms with Crippen molar-refractivity contribution in [1.29, 1.82) is 0 Å². The number of benzene rings is 1. The second kappa shape index (κ2) is 7.10. The second-order valence-corrected chi connectivity index (χ2v) is 4.21. The van der Waals surface area contributed by atoms with E-state index in [0.29, 0.717) is 24.2 Å². The fourth-order valence-corrected chi connectivity index (χ4v) is 1.64. The van der Waals surface area contributed by atoms with Crippen molar-refractivity contribution >= 4 is 11.6 Å².